The number of benzene rings is 6. The van der Waals surface area contributed by atoms with Crippen molar-refractivity contribution < 1.29 is 9.47 Å². The molecule has 1 aliphatic carbocycles. The summed E-state index contributed by atoms with van der Waals surface area (Å²) in [4.78, 5) is 10.9. The van der Waals surface area contributed by atoms with Crippen LogP contribution < -0.4 is 0 Å². The van der Waals surface area contributed by atoms with E-state index in [-0.39, 0.29) is 11.8 Å². The highest BCUT2D eigenvalue weighted by molar-refractivity contribution is 6.11. The predicted molar refractivity (Wildman–Crippen MR) is 195 cm³/mol. The van der Waals surface area contributed by atoms with Crippen molar-refractivity contribution in [3.63, 3.8) is 0 Å². The van der Waals surface area contributed by atoms with Gasteiger partial charge >= 0.3 is 0 Å². The average Bonchev–Trinajstić information content (AvgIpc) is 3.81. The second kappa shape index (κ2) is 11.7. The Morgan fingerprint density at radius 3 is 0.918 bits per heavy atom. The smallest absolute Gasteiger partial charge is 0.206 e. The summed E-state index contributed by atoms with van der Waals surface area (Å²) in [6.45, 7) is 0. The molecule has 2 saturated heterocycles. The van der Waals surface area contributed by atoms with Crippen molar-refractivity contribution in [3.8, 4) is 0 Å². The fourth-order valence-electron chi connectivity index (χ4n) is 8.97. The third-order valence-electron chi connectivity index (χ3n) is 10.8. The van der Waals surface area contributed by atoms with Crippen molar-refractivity contribution in [2.45, 2.75) is 24.0 Å². The van der Waals surface area contributed by atoms with Crippen molar-refractivity contribution in [3.05, 3.63) is 204 Å². The van der Waals surface area contributed by atoms with E-state index in [1.165, 1.54) is 0 Å². The summed E-state index contributed by atoms with van der Waals surface area (Å²) in [7, 11) is 0. The Morgan fingerprint density at radius 2 is 0.633 bits per heavy atom. The number of hydrogen-bond acceptors (Lipinski definition) is 4. The zero-order valence-corrected chi connectivity index (χ0v) is 27.1. The van der Waals surface area contributed by atoms with E-state index in [2.05, 4.69) is 121 Å². The molecule has 238 valence electrons. The maximum absolute atomic E-state index is 7.62. The second-order valence-corrected chi connectivity index (χ2v) is 13.2. The average molecular weight is 637 g/mol. The Morgan fingerprint density at radius 1 is 0.367 bits per heavy atom. The summed E-state index contributed by atoms with van der Waals surface area (Å²) < 4.78 is 15.2. The number of rotatable bonds is 6. The van der Waals surface area contributed by atoms with Gasteiger partial charge in [0.1, 0.15) is 5.41 Å². The summed E-state index contributed by atoms with van der Waals surface area (Å²) >= 11 is 0. The molecule has 1 saturated carbocycles. The third kappa shape index (κ3) is 4.37. The van der Waals surface area contributed by atoms with E-state index in [1.807, 2.05) is 60.7 Å². The Balaban J connectivity index is 1.41. The van der Waals surface area contributed by atoms with Crippen LogP contribution in [0.4, 0.5) is 11.4 Å². The van der Waals surface area contributed by atoms with Crippen LogP contribution in [0.1, 0.15) is 35.1 Å². The van der Waals surface area contributed by atoms with E-state index in [1.54, 1.807) is 0 Å². The molecule has 4 nitrogen and oxygen atoms in total. The molecule has 2 aliphatic heterocycles. The van der Waals surface area contributed by atoms with E-state index < -0.39 is 16.6 Å². The highest BCUT2D eigenvalue weighted by Crippen LogP contribution is 2.73. The van der Waals surface area contributed by atoms with E-state index >= 15 is 0 Å². The van der Waals surface area contributed by atoms with Crippen molar-refractivity contribution in [1.29, 1.82) is 0 Å². The summed E-state index contributed by atoms with van der Waals surface area (Å²) in [5.74, 6) is 1.16. The molecule has 6 aromatic carbocycles. The molecule has 9 rings (SSSR count). The molecule has 6 aromatic rings. The number of hydrogen-bond donors (Lipinski definition) is 0. The molecule has 3 fully saturated rings. The van der Waals surface area contributed by atoms with Crippen molar-refractivity contribution in [2.24, 2.45) is 27.2 Å². The van der Waals surface area contributed by atoms with Crippen LogP contribution >= 0.6 is 0 Å². The maximum atomic E-state index is 7.62. The van der Waals surface area contributed by atoms with E-state index in [9.17, 15) is 0 Å². The van der Waals surface area contributed by atoms with Crippen LogP contribution in [0.15, 0.2) is 192 Å². The zero-order chi connectivity index (χ0) is 32.7. The summed E-state index contributed by atoms with van der Waals surface area (Å²) in [5, 5.41) is 0. The third-order valence-corrected chi connectivity index (χ3v) is 10.8. The molecule has 0 N–H and O–H groups in total. The van der Waals surface area contributed by atoms with Crippen LogP contribution in [-0.2, 0) is 20.7 Å². The first-order chi connectivity index (χ1) is 24.3. The zero-order valence-electron chi connectivity index (χ0n) is 27.1. The largest absolute Gasteiger partial charge is 0.463 e. The molecule has 0 radical (unpaired) electrons. The van der Waals surface area contributed by atoms with Gasteiger partial charge in [-0.1, -0.05) is 158 Å². The number of nitrogens with zero attached hydrogens (tertiary/aromatic N) is 2. The Hall–Kier alpha value is -5.74. The fourth-order valence-corrected chi connectivity index (χ4v) is 8.97. The Kier molecular flexibility index (Phi) is 7.05. The quantitative estimate of drug-likeness (QED) is 0.183. The van der Waals surface area contributed by atoms with Crippen molar-refractivity contribution >= 4 is 23.2 Å². The lowest BCUT2D eigenvalue weighted by Crippen LogP contribution is -2.44. The number of aliphatic imine (C=N–C) groups is 2. The lowest BCUT2D eigenvalue weighted by molar-refractivity contribution is 0.0687. The molecular weight excluding hydrogens is 601 g/mol. The van der Waals surface area contributed by atoms with Crippen LogP contribution in [0.5, 0.6) is 0 Å². The summed E-state index contributed by atoms with van der Waals surface area (Å²) in [6, 6.07) is 63.1. The van der Waals surface area contributed by atoms with E-state index in [4.69, 9.17) is 19.5 Å². The molecule has 2 heterocycles. The minimum absolute atomic E-state index is 0.0750. The van der Waals surface area contributed by atoms with E-state index in [0.29, 0.717) is 11.8 Å². The molecular formula is C45H36N2O2. The minimum Gasteiger partial charge on any atom is -0.463 e. The maximum Gasteiger partial charge on any atom is 0.206 e. The predicted octanol–water partition coefficient (Wildman–Crippen LogP) is 10.4. The van der Waals surface area contributed by atoms with Gasteiger partial charge in [0.05, 0.1) is 11.4 Å². The first kappa shape index (κ1) is 29.4. The Bertz CT molecular complexity index is 1880. The van der Waals surface area contributed by atoms with Crippen LogP contribution in [-0.4, -0.2) is 11.8 Å². The molecule has 0 bridgehead atoms. The van der Waals surface area contributed by atoms with Crippen molar-refractivity contribution in [1.82, 2.24) is 0 Å². The molecule has 2 unspecified atom stereocenters. The number of ether oxygens (including phenoxy) is 2. The second-order valence-electron chi connectivity index (χ2n) is 13.2. The van der Waals surface area contributed by atoms with Gasteiger partial charge in [0, 0.05) is 34.1 Å². The van der Waals surface area contributed by atoms with Gasteiger partial charge in [-0.3, -0.25) is 0 Å². The van der Waals surface area contributed by atoms with Gasteiger partial charge in [0.15, 0.2) is 11.2 Å². The summed E-state index contributed by atoms with van der Waals surface area (Å²) in [6.07, 6.45) is 1.78. The van der Waals surface area contributed by atoms with Crippen molar-refractivity contribution in [2.75, 3.05) is 0 Å². The normalized spacial score (nSPS) is 24.6. The topological polar surface area (TPSA) is 43.2 Å². The fraction of sp³-hybridized carbons (Fsp3) is 0.156. The van der Waals surface area contributed by atoms with Gasteiger partial charge < -0.3 is 9.47 Å². The number of para-hydroxylation sites is 2. The SMILES string of the molecule is c1ccc(N=C2OC(c3ccccc3)(c3ccccc3)C3CCC4C(c5ccccc5)(c5ccccc5)OC(=Nc5ccccc5)C234)cc1. The van der Waals surface area contributed by atoms with Gasteiger partial charge in [-0.05, 0) is 37.1 Å². The lowest BCUT2D eigenvalue weighted by Gasteiger charge is -2.36. The van der Waals surface area contributed by atoms with Gasteiger partial charge in [-0.15, -0.1) is 0 Å². The Labute approximate surface area is 287 Å². The molecule has 1 spiro atoms. The monoisotopic (exact) mass is 636 g/mol. The van der Waals surface area contributed by atoms with E-state index in [0.717, 1.165) is 46.5 Å². The highest BCUT2D eigenvalue weighted by atomic mass is 16.5. The standard InChI is InChI=1S/C45H36N2O2/c1-7-19-33(20-8-1)44(34-21-9-2-10-22-34)39-31-32-40-43(39,41(48-44)46-37-27-15-5-16-28-37)42(47-38-29-17-6-18-30-38)49-45(40,35-23-11-3-12-24-35)36-25-13-4-14-26-36/h1-30,39-40H,31-32H2. The highest BCUT2D eigenvalue weighted by Gasteiger charge is 2.80. The molecule has 4 heteroatoms. The van der Waals surface area contributed by atoms with Crippen LogP contribution in [0.2, 0.25) is 0 Å². The van der Waals surface area contributed by atoms with Gasteiger partial charge in [0.2, 0.25) is 11.8 Å². The summed E-state index contributed by atoms with van der Waals surface area (Å²) in [5.41, 5.74) is 3.59. The molecule has 3 aliphatic rings. The lowest BCUT2D eigenvalue weighted by atomic mass is 9.61. The first-order valence-electron chi connectivity index (χ1n) is 17.1. The van der Waals surface area contributed by atoms with Crippen LogP contribution in [0, 0.1) is 17.3 Å². The molecule has 2 atom stereocenters. The van der Waals surface area contributed by atoms with Gasteiger partial charge in [-0.2, -0.15) is 0 Å². The van der Waals surface area contributed by atoms with Gasteiger partial charge in [-0.25, -0.2) is 9.98 Å². The first-order valence-corrected chi connectivity index (χ1v) is 17.1. The van der Waals surface area contributed by atoms with Gasteiger partial charge in [0.25, 0.3) is 0 Å². The molecule has 0 amide bonds. The van der Waals surface area contributed by atoms with Crippen LogP contribution in [0.25, 0.3) is 0 Å². The molecule has 49 heavy (non-hydrogen) atoms. The minimum atomic E-state index is -0.838. The van der Waals surface area contributed by atoms with Crippen LogP contribution in [0.3, 0.4) is 0 Å². The molecule has 0 aromatic heterocycles.